The van der Waals surface area contributed by atoms with Gasteiger partial charge in [-0.25, -0.2) is 4.79 Å². The van der Waals surface area contributed by atoms with Crippen LogP contribution in [0.5, 0.6) is 0 Å². The zero-order chi connectivity index (χ0) is 10.9. The van der Waals surface area contributed by atoms with Crippen molar-refractivity contribution in [2.24, 2.45) is 4.99 Å². The summed E-state index contributed by atoms with van der Waals surface area (Å²) in [6.07, 6.45) is 1.63. The van der Waals surface area contributed by atoms with E-state index in [4.69, 9.17) is 0 Å². The molecule has 0 radical (unpaired) electrons. The summed E-state index contributed by atoms with van der Waals surface area (Å²) in [6.45, 7) is 3.84. The minimum Gasteiger partial charge on any atom is -0.211 e. The van der Waals surface area contributed by atoms with Gasteiger partial charge >= 0.3 is 0 Å². The van der Waals surface area contributed by atoms with E-state index in [2.05, 4.69) is 23.2 Å². The van der Waals surface area contributed by atoms with Gasteiger partial charge in [0.05, 0.1) is 0 Å². The number of hydrogen-bond donors (Lipinski definition) is 0. The van der Waals surface area contributed by atoms with Crippen molar-refractivity contribution in [1.82, 2.24) is 0 Å². The van der Waals surface area contributed by atoms with E-state index >= 15 is 0 Å². The largest absolute Gasteiger partial charge is 0.235 e. The predicted molar refractivity (Wildman–Crippen MR) is 63.0 cm³/mol. The van der Waals surface area contributed by atoms with E-state index in [-0.39, 0.29) is 0 Å². The molecule has 0 spiro atoms. The number of benzene rings is 1. The Morgan fingerprint density at radius 1 is 1.33 bits per heavy atom. The highest BCUT2D eigenvalue weighted by Crippen LogP contribution is 2.34. The Kier molecular flexibility index (Phi) is 2.43. The molecule has 15 heavy (non-hydrogen) atoms. The van der Waals surface area contributed by atoms with E-state index < -0.39 is 5.54 Å². The van der Waals surface area contributed by atoms with Crippen LogP contribution in [0.15, 0.2) is 35.3 Å². The van der Waals surface area contributed by atoms with Crippen molar-refractivity contribution in [2.75, 3.05) is 0 Å². The molecule has 2 aromatic rings. The van der Waals surface area contributed by atoms with E-state index in [9.17, 15) is 4.79 Å². The normalized spacial score (nSPS) is 11.3. The minimum atomic E-state index is -0.467. The molecule has 1 aromatic carbocycles. The van der Waals surface area contributed by atoms with Gasteiger partial charge in [-0.1, -0.05) is 18.2 Å². The van der Waals surface area contributed by atoms with Crippen LogP contribution in [0.2, 0.25) is 0 Å². The third-order valence-corrected chi connectivity index (χ3v) is 3.78. The van der Waals surface area contributed by atoms with Gasteiger partial charge in [-0.15, -0.1) is 11.3 Å². The molecule has 0 N–H and O–H groups in total. The van der Waals surface area contributed by atoms with Gasteiger partial charge in [0, 0.05) is 9.58 Å². The Bertz CT molecular complexity index is 502. The average Bonchev–Trinajstić information content (AvgIpc) is 2.61. The number of hydrogen-bond acceptors (Lipinski definition) is 3. The number of thiophene rings is 1. The van der Waals surface area contributed by atoms with Crippen molar-refractivity contribution in [1.29, 1.82) is 0 Å². The fourth-order valence-corrected chi connectivity index (χ4v) is 2.56. The summed E-state index contributed by atoms with van der Waals surface area (Å²) in [5, 5.41) is 1.20. The number of fused-ring (bicyclic) bond motifs is 1. The zero-order valence-electron chi connectivity index (χ0n) is 8.65. The maximum Gasteiger partial charge on any atom is 0.235 e. The molecule has 0 aliphatic carbocycles. The molecule has 0 amide bonds. The lowest BCUT2D eigenvalue weighted by Crippen LogP contribution is -2.10. The number of rotatable bonds is 2. The van der Waals surface area contributed by atoms with E-state index in [1.54, 1.807) is 17.4 Å². The van der Waals surface area contributed by atoms with Crippen LogP contribution >= 0.6 is 11.3 Å². The lowest BCUT2D eigenvalue weighted by molar-refractivity contribution is 0.528. The monoisotopic (exact) mass is 217 g/mol. The summed E-state index contributed by atoms with van der Waals surface area (Å²) >= 11 is 1.67. The molecule has 0 fully saturated rings. The molecule has 1 heterocycles. The summed E-state index contributed by atoms with van der Waals surface area (Å²) in [5.74, 6) is 0. The van der Waals surface area contributed by atoms with Gasteiger partial charge in [-0.05, 0) is 31.4 Å². The molecule has 0 aliphatic rings. The van der Waals surface area contributed by atoms with Crippen molar-refractivity contribution in [2.45, 2.75) is 19.4 Å². The molecule has 2 rings (SSSR count). The quantitative estimate of drug-likeness (QED) is 0.559. The molecule has 3 heteroatoms. The van der Waals surface area contributed by atoms with Crippen LogP contribution < -0.4 is 0 Å². The van der Waals surface area contributed by atoms with Gasteiger partial charge in [-0.3, -0.25) is 0 Å². The van der Waals surface area contributed by atoms with Crippen LogP contribution in [0.25, 0.3) is 10.1 Å². The summed E-state index contributed by atoms with van der Waals surface area (Å²) in [4.78, 5) is 15.2. The second kappa shape index (κ2) is 3.61. The van der Waals surface area contributed by atoms with Crippen molar-refractivity contribution in [3.05, 3.63) is 35.2 Å². The maximum atomic E-state index is 10.3. The Hall–Kier alpha value is -1.44. The number of nitrogens with zero attached hydrogens (tertiary/aromatic N) is 1. The van der Waals surface area contributed by atoms with E-state index in [0.717, 1.165) is 4.88 Å². The Morgan fingerprint density at radius 2 is 2.07 bits per heavy atom. The molecule has 0 unspecified atom stereocenters. The molecule has 0 bridgehead atoms. The first-order valence-corrected chi connectivity index (χ1v) is 5.53. The highest BCUT2D eigenvalue weighted by Gasteiger charge is 2.21. The second-order valence-corrected chi connectivity index (χ2v) is 4.99. The Balaban J connectivity index is 2.58. The number of aliphatic imine (C=N–C) groups is 1. The van der Waals surface area contributed by atoms with Crippen LogP contribution in [0.4, 0.5) is 0 Å². The fourth-order valence-electron chi connectivity index (χ4n) is 1.45. The third kappa shape index (κ3) is 1.84. The maximum absolute atomic E-state index is 10.3. The molecule has 1 aromatic heterocycles. The second-order valence-electron chi connectivity index (χ2n) is 3.91. The smallest absolute Gasteiger partial charge is 0.211 e. The number of isocyanates is 1. The molecule has 0 saturated carbocycles. The Morgan fingerprint density at radius 3 is 2.73 bits per heavy atom. The molecular formula is C12H11NOS. The van der Waals surface area contributed by atoms with Crippen molar-refractivity contribution < 1.29 is 4.79 Å². The van der Waals surface area contributed by atoms with Crippen LogP contribution in [-0.4, -0.2) is 6.08 Å². The molecule has 0 atom stereocenters. The third-order valence-electron chi connectivity index (χ3n) is 2.35. The molecule has 2 nitrogen and oxygen atoms in total. The van der Waals surface area contributed by atoms with Gasteiger partial charge in [0.15, 0.2) is 0 Å². The van der Waals surface area contributed by atoms with Gasteiger partial charge in [-0.2, -0.15) is 4.99 Å². The van der Waals surface area contributed by atoms with E-state index in [1.165, 1.54) is 10.1 Å². The standard InChI is InChI=1S/C12H11NOS/c1-12(2,13-8-14)11-7-9-5-3-4-6-10(9)15-11/h3-7H,1-2H3. The van der Waals surface area contributed by atoms with Gasteiger partial charge < -0.3 is 0 Å². The summed E-state index contributed by atoms with van der Waals surface area (Å²) in [5.41, 5.74) is -0.467. The highest BCUT2D eigenvalue weighted by molar-refractivity contribution is 7.19. The van der Waals surface area contributed by atoms with Crippen molar-refractivity contribution in [3.8, 4) is 0 Å². The van der Waals surface area contributed by atoms with Crippen LogP contribution in [0.3, 0.4) is 0 Å². The van der Waals surface area contributed by atoms with Gasteiger partial charge in [0.25, 0.3) is 0 Å². The first kappa shape index (κ1) is 10.1. The lowest BCUT2D eigenvalue weighted by atomic mass is 10.0. The summed E-state index contributed by atoms with van der Waals surface area (Å²) in [6, 6.07) is 10.2. The van der Waals surface area contributed by atoms with Gasteiger partial charge in [0.2, 0.25) is 6.08 Å². The van der Waals surface area contributed by atoms with Gasteiger partial charge in [0.1, 0.15) is 5.54 Å². The SMILES string of the molecule is CC(C)(N=C=O)c1cc2ccccc2s1. The van der Waals surface area contributed by atoms with Crippen LogP contribution in [0.1, 0.15) is 18.7 Å². The minimum absolute atomic E-state index is 0.467. The fraction of sp³-hybridized carbons (Fsp3) is 0.250. The topological polar surface area (TPSA) is 29.4 Å². The zero-order valence-corrected chi connectivity index (χ0v) is 9.47. The van der Waals surface area contributed by atoms with Crippen LogP contribution in [0, 0.1) is 0 Å². The molecule has 76 valence electrons. The molecule has 0 aliphatic heterocycles. The first-order chi connectivity index (χ1) is 7.13. The highest BCUT2D eigenvalue weighted by atomic mass is 32.1. The average molecular weight is 217 g/mol. The molecule has 0 saturated heterocycles. The summed E-state index contributed by atoms with van der Waals surface area (Å²) < 4.78 is 1.22. The van der Waals surface area contributed by atoms with E-state index in [1.807, 2.05) is 26.0 Å². The predicted octanol–water partition coefficient (Wildman–Crippen LogP) is 3.47. The van der Waals surface area contributed by atoms with Crippen molar-refractivity contribution in [3.63, 3.8) is 0 Å². The summed E-state index contributed by atoms with van der Waals surface area (Å²) in [7, 11) is 0. The first-order valence-electron chi connectivity index (χ1n) is 4.71. The number of carbonyl (C=O) groups excluding carboxylic acids is 1. The molecular weight excluding hydrogens is 206 g/mol. The van der Waals surface area contributed by atoms with Crippen molar-refractivity contribution >= 4 is 27.5 Å². The lowest BCUT2D eigenvalue weighted by Gasteiger charge is -2.14. The van der Waals surface area contributed by atoms with Crippen LogP contribution in [-0.2, 0) is 10.3 Å². The van der Waals surface area contributed by atoms with E-state index in [0.29, 0.717) is 0 Å². The Labute approximate surface area is 92.3 Å².